The monoisotopic (exact) mass is 278 g/mol. The fourth-order valence-corrected chi connectivity index (χ4v) is 2.48. The molecule has 1 saturated heterocycles. The Labute approximate surface area is 119 Å². The lowest BCUT2D eigenvalue weighted by Gasteiger charge is -2.32. The van der Waals surface area contributed by atoms with Gasteiger partial charge in [-0.1, -0.05) is 13.3 Å². The number of pyridine rings is 1. The van der Waals surface area contributed by atoms with Gasteiger partial charge in [0.25, 0.3) is 0 Å². The molecule has 1 aromatic rings. The van der Waals surface area contributed by atoms with Crippen LogP contribution < -0.4 is 4.74 Å². The molecule has 0 amide bonds. The van der Waals surface area contributed by atoms with E-state index in [9.17, 15) is 4.79 Å². The van der Waals surface area contributed by atoms with Crippen LogP contribution in [-0.2, 0) is 6.42 Å². The number of aromatic nitrogens is 1. The van der Waals surface area contributed by atoms with E-state index in [1.807, 2.05) is 6.92 Å². The first-order valence-corrected chi connectivity index (χ1v) is 7.17. The fraction of sp³-hybridized carbons (Fsp3) is 0.600. The van der Waals surface area contributed by atoms with Gasteiger partial charge < -0.3 is 14.7 Å². The Kier molecular flexibility index (Phi) is 4.95. The second-order valence-electron chi connectivity index (χ2n) is 5.29. The smallest absolute Gasteiger partial charge is 0.335 e. The Morgan fingerprint density at radius 1 is 1.50 bits per heavy atom. The van der Waals surface area contributed by atoms with Gasteiger partial charge in [-0.3, -0.25) is 0 Å². The van der Waals surface area contributed by atoms with Gasteiger partial charge in [0.1, 0.15) is 6.61 Å². The van der Waals surface area contributed by atoms with Gasteiger partial charge in [0.05, 0.1) is 5.56 Å². The predicted molar refractivity (Wildman–Crippen MR) is 76.3 cm³/mol. The van der Waals surface area contributed by atoms with Crippen LogP contribution in [-0.4, -0.2) is 47.2 Å². The Morgan fingerprint density at radius 3 is 2.95 bits per heavy atom. The third kappa shape index (κ3) is 3.70. The molecule has 0 bridgehead atoms. The van der Waals surface area contributed by atoms with E-state index in [1.165, 1.54) is 18.9 Å². The molecule has 1 atom stereocenters. The van der Waals surface area contributed by atoms with Crippen molar-refractivity contribution in [2.75, 3.05) is 20.2 Å². The summed E-state index contributed by atoms with van der Waals surface area (Å²) in [6.07, 6.45) is 4.28. The van der Waals surface area contributed by atoms with Gasteiger partial charge in [0, 0.05) is 17.8 Å². The van der Waals surface area contributed by atoms with Crippen LogP contribution in [0.3, 0.4) is 0 Å². The minimum atomic E-state index is -0.943. The zero-order valence-electron chi connectivity index (χ0n) is 12.1. The van der Waals surface area contributed by atoms with Crippen LogP contribution in [0.25, 0.3) is 0 Å². The molecule has 5 nitrogen and oxygen atoms in total. The highest BCUT2D eigenvalue weighted by molar-refractivity contribution is 5.88. The number of carbonyl (C=O) groups is 1. The summed E-state index contributed by atoms with van der Waals surface area (Å²) in [5, 5.41) is 9.10. The third-order valence-electron chi connectivity index (χ3n) is 3.81. The van der Waals surface area contributed by atoms with E-state index >= 15 is 0 Å². The lowest BCUT2D eigenvalue weighted by atomic mass is 10.0. The standard InChI is InChI=1S/C15H22N2O3/c1-3-12-8-11(15(18)19)9-14(16-12)20-10-13-6-4-5-7-17(13)2/h8-9,13H,3-7,10H2,1-2H3,(H,18,19). The summed E-state index contributed by atoms with van der Waals surface area (Å²) in [5.74, 6) is -0.526. The summed E-state index contributed by atoms with van der Waals surface area (Å²) in [6, 6.07) is 3.50. The average molecular weight is 278 g/mol. The summed E-state index contributed by atoms with van der Waals surface area (Å²) < 4.78 is 5.73. The van der Waals surface area contributed by atoms with Crippen LogP contribution in [0.4, 0.5) is 0 Å². The minimum Gasteiger partial charge on any atom is -0.478 e. The lowest BCUT2D eigenvalue weighted by Crippen LogP contribution is -2.40. The molecule has 0 saturated carbocycles. The highest BCUT2D eigenvalue weighted by Gasteiger charge is 2.20. The molecule has 0 radical (unpaired) electrons. The summed E-state index contributed by atoms with van der Waals surface area (Å²) in [4.78, 5) is 17.7. The largest absolute Gasteiger partial charge is 0.478 e. The number of aromatic carboxylic acids is 1. The van der Waals surface area contributed by atoms with Crippen molar-refractivity contribution in [2.24, 2.45) is 0 Å². The number of carboxylic acids is 1. The van der Waals surface area contributed by atoms with Crippen molar-refractivity contribution in [3.05, 3.63) is 23.4 Å². The normalized spacial score (nSPS) is 19.8. The van der Waals surface area contributed by atoms with E-state index in [0.717, 1.165) is 18.7 Å². The number of piperidine rings is 1. The summed E-state index contributed by atoms with van der Waals surface area (Å²) >= 11 is 0. The maximum absolute atomic E-state index is 11.1. The molecular weight excluding hydrogens is 256 g/mol. The molecule has 1 N–H and O–H groups in total. The molecule has 1 aliphatic heterocycles. The second-order valence-corrected chi connectivity index (χ2v) is 5.29. The molecule has 1 aromatic heterocycles. The van der Waals surface area contributed by atoms with E-state index in [0.29, 0.717) is 24.9 Å². The zero-order valence-corrected chi connectivity index (χ0v) is 12.1. The molecule has 1 fully saturated rings. The Morgan fingerprint density at radius 2 is 2.30 bits per heavy atom. The summed E-state index contributed by atoms with van der Waals surface area (Å²) in [6.45, 7) is 3.61. The molecule has 2 rings (SSSR count). The van der Waals surface area contributed by atoms with Crippen LogP contribution in [0.2, 0.25) is 0 Å². The minimum absolute atomic E-state index is 0.240. The van der Waals surface area contributed by atoms with Crippen molar-refractivity contribution < 1.29 is 14.6 Å². The zero-order chi connectivity index (χ0) is 14.5. The SMILES string of the molecule is CCc1cc(C(=O)O)cc(OCC2CCCCN2C)n1. The number of carboxylic acid groups (broad SMARTS) is 1. The number of nitrogens with zero attached hydrogens (tertiary/aromatic N) is 2. The van der Waals surface area contributed by atoms with Crippen LogP contribution >= 0.6 is 0 Å². The van der Waals surface area contributed by atoms with Crippen molar-refractivity contribution in [1.29, 1.82) is 0 Å². The fourth-order valence-electron chi connectivity index (χ4n) is 2.48. The maximum atomic E-state index is 11.1. The lowest BCUT2D eigenvalue weighted by molar-refractivity contribution is 0.0695. The molecule has 0 aliphatic carbocycles. The first-order chi connectivity index (χ1) is 9.60. The third-order valence-corrected chi connectivity index (χ3v) is 3.81. The van der Waals surface area contributed by atoms with E-state index in [1.54, 1.807) is 6.07 Å². The number of ether oxygens (including phenoxy) is 1. The van der Waals surface area contributed by atoms with E-state index in [2.05, 4.69) is 16.9 Å². The molecule has 110 valence electrons. The Balaban J connectivity index is 2.04. The van der Waals surface area contributed by atoms with Crippen LogP contribution in [0, 0.1) is 0 Å². The Hall–Kier alpha value is -1.62. The van der Waals surface area contributed by atoms with E-state index in [4.69, 9.17) is 9.84 Å². The summed E-state index contributed by atoms with van der Waals surface area (Å²) in [7, 11) is 2.10. The van der Waals surface area contributed by atoms with Crippen LogP contribution in [0.15, 0.2) is 12.1 Å². The van der Waals surface area contributed by atoms with Gasteiger partial charge in [-0.25, -0.2) is 9.78 Å². The topological polar surface area (TPSA) is 62.7 Å². The number of likely N-dealkylation sites (N-methyl/N-ethyl adjacent to an activating group) is 1. The number of hydrogen-bond donors (Lipinski definition) is 1. The molecule has 5 heteroatoms. The highest BCUT2D eigenvalue weighted by atomic mass is 16.5. The van der Waals surface area contributed by atoms with Crippen LogP contribution in [0.1, 0.15) is 42.2 Å². The first-order valence-electron chi connectivity index (χ1n) is 7.17. The van der Waals surface area contributed by atoms with Crippen molar-refractivity contribution in [3.63, 3.8) is 0 Å². The molecule has 0 aromatic carbocycles. The molecular formula is C15H22N2O3. The summed E-state index contributed by atoms with van der Waals surface area (Å²) in [5.41, 5.74) is 0.987. The number of hydrogen-bond acceptors (Lipinski definition) is 4. The van der Waals surface area contributed by atoms with E-state index in [-0.39, 0.29) is 5.56 Å². The number of likely N-dealkylation sites (tertiary alicyclic amines) is 1. The number of rotatable bonds is 5. The highest BCUT2D eigenvalue weighted by Crippen LogP contribution is 2.18. The molecule has 1 aliphatic rings. The van der Waals surface area contributed by atoms with Crippen molar-refractivity contribution in [1.82, 2.24) is 9.88 Å². The quantitative estimate of drug-likeness (QED) is 0.894. The molecule has 1 unspecified atom stereocenters. The van der Waals surface area contributed by atoms with Gasteiger partial charge in [-0.05, 0) is 38.9 Å². The Bertz CT molecular complexity index is 476. The molecule has 20 heavy (non-hydrogen) atoms. The van der Waals surface area contributed by atoms with E-state index < -0.39 is 5.97 Å². The number of aryl methyl sites for hydroxylation is 1. The first kappa shape index (κ1) is 14.8. The van der Waals surface area contributed by atoms with Gasteiger partial charge in [0.15, 0.2) is 0 Å². The average Bonchev–Trinajstić information content (AvgIpc) is 2.46. The molecule has 0 spiro atoms. The van der Waals surface area contributed by atoms with Crippen molar-refractivity contribution in [2.45, 2.75) is 38.6 Å². The van der Waals surface area contributed by atoms with Crippen molar-refractivity contribution in [3.8, 4) is 5.88 Å². The van der Waals surface area contributed by atoms with Gasteiger partial charge in [-0.2, -0.15) is 0 Å². The van der Waals surface area contributed by atoms with Crippen LogP contribution in [0.5, 0.6) is 5.88 Å². The molecule has 2 heterocycles. The maximum Gasteiger partial charge on any atom is 0.335 e. The van der Waals surface area contributed by atoms with Gasteiger partial charge >= 0.3 is 5.97 Å². The predicted octanol–water partition coefficient (Wildman–Crippen LogP) is 2.21. The van der Waals surface area contributed by atoms with Gasteiger partial charge in [0.2, 0.25) is 5.88 Å². The van der Waals surface area contributed by atoms with Crippen molar-refractivity contribution >= 4 is 5.97 Å². The second kappa shape index (κ2) is 6.70. The van der Waals surface area contributed by atoms with Gasteiger partial charge in [-0.15, -0.1) is 0 Å².